The van der Waals surface area contributed by atoms with Gasteiger partial charge < -0.3 is 39.0 Å². The lowest BCUT2D eigenvalue weighted by Gasteiger charge is -2.40. The molecule has 6 atom stereocenters. The Balaban J connectivity index is 2.78. The van der Waals surface area contributed by atoms with Crippen molar-refractivity contribution in [3.8, 4) is 0 Å². The number of esters is 3. The van der Waals surface area contributed by atoms with E-state index in [1.165, 1.54) is 57.8 Å². The zero-order valence-electron chi connectivity index (χ0n) is 41.6. The number of unbranched alkanes of at least 4 members (excludes halogenated alkanes) is 17. The van der Waals surface area contributed by atoms with Crippen molar-refractivity contribution < 1.29 is 58.2 Å². The van der Waals surface area contributed by atoms with Gasteiger partial charge in [-0.15, -0.1) is 0 Å². The van der Waals surface area contributed by atoms with E-state index in [-0.39, 0.29) is 25.9 Å². The van der Waals surface area contributed by atoms with Crippen LogP contribution < -0.4 is 0 Å². The van der Waals surface area contributed by atoms with Crippen molar-refractivity contribution in [2.45, 2.75) is 237 Å². The second-order valence-electron chi connectivity index (χ2n) is 17.4. The summed E-state index contributed by atoms with van der Waals surface area (Å²) in [6, 6.07) is 0. The lowest BCUT2D eigenvalue weighted by Crippen LogP contribution is -2.61. The number of allylic oxidation sites excluding steroid dienone is 11. The van der Waals surface area contributed by atoms with E-state index in [1.807, 2.05) is 12.2 Å². The van der Waals surface area contributed by atoms with E-state index in [2.05, 4.69) is 75.5 Å². The zero-order valence-corrected chi connectivity index (χ0v) is 41.6. The second-order valence-corrected chi connectivity index (χ2v) is 17.4. The van der Waals surface area contributed by atoms with Crippen molar-refractivity contribution >= 4 is 23.9 Å². The van der Waals surface area contributed by atoms with Crippen LogP contribution in [-0.4, -0.2) is 89.2 Å². The average molecular weight is 943 g/mol. The van der Waals surface area contributed by atoms with Crippen molar-refractivity contribution in [3.63, 3.8) is 0 Å². The number of carboxylic acids is 1. The first-order valence-electron chi connectivity index (χ1n) is 25.9. The van der Waals surface area contributed by atoms with Gasteiger partial charge in [-0.05, 0) is 70.6 Å². The third kappa shape index (κ3) is 34.2. The number of hydrogen-bond donors (Lipinski definition) is 3. The van der Waals surface area contributed by atoms with Crippen LogP contribution >= 0.6 is 0 Å². The molecule has 6 unspecified atom stereocenters. The largest absolute Gasteiger partial charge is 0.479 e. The minimum Gasteiger partial charge on any atom is -0.479 e. The molecule has 0 aromatic heterocycles. The standard InChI is InChI=1S/C55H90O12/c1-4-7-10-13-16-19-21-23-24-26-27-30-32-35-38-41-47(56)63-44-46(65-48(57)42-39-36-33-29-18-15-12-9-6-3)45-64-55-53(51(60)50(59)52(67-55)54(61)62)66-49(58)43-40-37-34-31-28-25-22-20-17-14-11-8-5-2/h7,10,16,19-20,22-24,27,30,35,38,46,50-53,55,59-60H,4-6,8-9,11-15,17-18,21,25-26,28-29,31-34,36-37,39-45H2,1-3H3,(H,61,62)/b10-7-,19-16-,22-20-,24-23-,30-27-,38-35-. The number of carbonyl (C=O) groups excluding carboxylic acids is 3. The van der Waals surface area contributed by atoms with Gasteiger partial charge in [-0.3, -0.25) is 14.4 Å². The summed E-state index contributed by atoms with van der Waals surface area (Å²) in [4.78, 5) is 50.7. The smallest absolute Gasteiger partial charge is 0.335 e. The number of aliphatic hydroxyl groups excluding tert-OH is 2. The third-order valence-corrected chi connectivity index (χ3v) is 11.3. The summed E-state index contributed by atoms with van der Waals surface area (Å²) in [6.45, 7) is 5.71. The molecule has 0 radical (unpaired) electrons. The zero-order chi connectivity index (χ0) is 49.0. The van der Waals surface area contributed by atoms with Crippen molar-refractivity contribution in [3.05, 3.63) is 72.9 Å². The molecule has 0 spiro atoms. The third-order valence-electron chi connectivity index (χ3n) is 11.3. The van der Waals surface area contributed by atoms with Gasteiger partial charge in [0.15, 0.2) is 24.6 Å². The lowest BCUT2D eigenvalue weighted by atomic mass is 9.98. The maximum absolute atomic E-state index is 13.0. The highest BCUT2D eigenvalue weighted by atomic mass is 16.7. The molecule has 67 heavy (non-hydrogen) atoms. The Morgan fingerprint density at radius 2 is 0.985 bits per heavy atom. The molecule has 1 fully saturated rings. The summed E-state index contributed by atoms with van der Waals surface area (Å²) in [7, 11) is 0. The highest BCUT2D eigenvalue weighted by Crippen LogP contribution is 2.26. The second kappa shape index (κ2) is 43.4. The van der Waals surface area contributed by atoms with Crippen LogP contribution in [0.2, 0.25) is 0 Å². The molecule has 0 aliphatic carbocycles. The summed E-state index contributed by atoms with van der Waals surface area (Å²) in [6.07, 6.45) is 40.7. The highest BCUT2D eigenvalue weighted by molar-refractivity contribution is 5.74. The molecular weight excluding hydrogens is 853 g/mol. The Morgan fingerprint density at radius 3 is 1.51 bits per heavy atom. The van der Waals surface area contributed by atoms with Gasteiger partial charge in [-0.1, -0.05) is 184 Å². The number of hydrogen-bond acceptors (Lipinski definition) is 11. The predicted octanol–water partition coefficient (Wildman–Crippen LogP) is 12.2. The van der Waals surface area contributed by atoms with E-state index in [1.54, 1.807) is 6.08 Å². The van der Waals surface area contributed by atoms with Gasteiger partial charge in [0.2, 0.25) is 0 Å². The summed E-state index contributed by atoms with van der Waals surface area (Å²) >= 11 is 0. The van der Waals surface area contributed by atoms with Crippen molar-refractivity contribution in [1.29, 1.82) is 0 Å². The van der Waals surface area contributed by atoms with E-state index >= 15 is 0 Å². The quantitative estimate of drug-likeness (QED) is 0.0229. The molecule has 0 bridgehead atoms. The molecule has 1 heterocycles. The Bertz CT molecular complexity index is 1450. The van der Waals surface area contributed by atoms with Crippen molar-refractivity contribution in [2.75, 3.05) is 13.2 Å². The summed E-state index contributed by atoms with van der Waals surface area (Å²) < 4.78 is 28.1. The van der Waals surface area contributed by atoms with E-state index in [0.29, 0.717) is 19.3 Å². The molecule has 1 aliphatic rings. The van der Waals surface area contributed by atoms with Crippen LogP contribution in [0.15, 0.2) is 72.9 Å². The van der Waals surface area contributed by atoms with E-state index in [0.717, 1.165) is 83.5 Å². The molecule has 0 aromatic rings. The van der Waals surface area contributed by atoms with Gasteiger partial charge in [-0.25, -0.2) is 4.79 Å². The molecule has 382 valence electrons. The molecule has 0 saturated carbocycles. The molecular formula is C55H90O12. The first kappa shape index (κ1) is 61.2. The lowest BCUT2D eigenvalue weighted by molar-refractivity contribution is -0.301. The molecule has 1 aliphatic heterocycles. The predicted molar refractivity (Wildman–Crippen MR) is 266 cm³/mol. The van der Waals surface area contributed by atoms with E-state index < -0.39 is 67.3 Å². The maximum atomic E-state index is 13.0. The highest BCUT2D eigenvalue weighted by Gasteiger charge is 2.50. The van der Waals surface area contributed by atoms with Gasteiger partial charge in [0.25, 0.3) is 0 Å². The maximum Gasteiger partial charge on any atom is 0.335 e. The van der Waals surface area contributed by atoms with Gasteiger partial charge in [0.1, 0.15) is 18.8 Å². The van der Waals surface area contributed by atoms with Crippen LogP contribution in [0.5, 0.6) is 0 Å². The van der Waals surface area contributed by atoms with Crippen LogP contribution in [0, 0.1) is 0 Å². The Labute approximate surface area is 404 Å². The topological polar surface area (TPSA) is 175 Å². The molecule has 0 amide bonds. The Hall–Kier alpha value is -3.84. The SMILES string of the molecule is CC/C=C\C/C=C\C/C=C\C/C=C\C/C=C\CC(=O)OCC(COC1OC(C(=O)O)C(O)C(O)C1OC(=O)CCCCCCC/C=C\CCCCCC)OC(=O)CCCCCCCCCCC. The summed E-state index contributed by atoms with van der Waals surface area (Å²) in [5.41, 5.74) is 0. The van der Waals surface area contributed by atoms with E-state index in [4.69, 9.17) is 23.7 Å². The fourth-order valence-corrected chi connectivity index (χ4v) is 7.32. The fraction of sp³-hybridized carbons (Fsp3) is 0.709. The Kier molecular flexibility index (Phi) is 39.7. The van der Waals surface area contributed by atoms with Crippen LogP contribution in [0.4, 0.5) is 0 Å². The minimum atomic E-state index is -1.91. The van der Waals surface area contributed by atoms with Crippen molar-refractivity contribution in [2.24, 2.45) is 0 Å². The van der Waals surface area contributed by atoms with Crippen LogP contribution in [0.1, 0.15) is 201 Å². The van der Waals surface area contributed by atoms with Crippen LogP contribution in [0.3, 0.4) is 0 Å². The molecule has 12 heteroatoms. The number of ether oxygens (including phenoxy) is 5. The normalized spacial score (nSPS) is 19.4. The Morgan fingerprint density at radius 1 is 0.522 bits per heavy atom. The molecule has 3 N–H and O–H groups in total. The monoisotopic (exact) mass is 943 g/mol. The fourth-order valence-electron chi connectivity index (χ4n) is 7.32. The summed E-state index contributed by atoms with van der Waals surface area (Å²) in [5.74, 6) is -3.30. The minimum absolute atomic E-state index is 0.0157. The van der Waals surface area contributed by atoms with E-state index in [9.17, 15) is 34.5 Å². The van der Waals surface area contributed by atoms with Crippen LogP contribution in [0.25, 0.3) is 0 Å². The van der Waals surface area contributed by atoms with Gasteiger partial charge in [0, 0.05) is 12.8 Å². The van der Waals surface area contributed by atoms with Crippen LogP contribution in [-0.2, 0) is 42.9 Å². The van der Waals surface area contributed by atoms with Gasteiger partial charge in [-0.2, -0.15) is 0 Å². The number of aliphatic hydroxyl groups is 2. The number of carbonyl (C=O) groups is 4. The summed E-state index contributed by atoms with van der Waals surface area (Å²) in [5, 5.41) is 31.3. The number of rotatable bonds is 42. The van der Waals surface area contributed by atoms with Gasteiger partial charge in [0.05, 0.1) is 13.0 Å². The number of carboxylic acid groups (broad SMARTS) is 1. The first-order chi connectivity index (χ1) is 32.6. The molecule has 1 saturated heterocycles. The number of aliphatic carboxylic acids is 1. The average Bonchev–Trinajstić information content (AvgIpc) is 3.31. The molecule has 12 nitrogen and oxygen atoms in total. The first-order valence-corrected chi connectivity index (χ1v) is 25.9. The molecule has 1 rings (SSSR count). The molecule has 0 aromatic carbocycles. The van der Waals surface area contributed by atoms with Gasteiger partial charge >= 0.3 is 23.9 Å². The van der Waals surface area contributed by atoms with Crippen molar-refractivity contribution in [1.82, 2.24) is 0 Å².